The number of cyclic esters (lactones) is 1. The third-order valence-electron chi connectivity index (χ3n) is 3.09. The highest BCUT2D eigenvalue weighted by Crippen LogP contribution is 2.28. The number of rotatable bonds is 4. The van der Waals surface area contributed by atoms with E-state index in [-0.39, 0.29) is 11.6 Å². The van der Waals surface area contributed by atoms with Crippen LogP contribution in [0.5, 0.6) is 11.5 Å². The van der Waals surface area contributed by atoms with Gasteiger partial charge in [-0.3, -0.25) is 0 Å². The molecule has 0 spiro atoms. The molecule has 6 nitrogen and oxygen atoms in total. The van der Waals surface area contributed by atoms with Gasteiger partial charge in [-0.05, 0) is 30.3 Å². The Kier molecular flexibility index (Phi) is 3.65. The van der Waals surface area contributed by atoms with Crippen LogP contribution in [-0.4, -0.2) is 26.1 Å². The highest BCUT2D eigenvalue weighted by Gasteiger charge is 2.26. The van der Waals surface area contributed by atoms with Crippen molar-refractivity contribution in [3.63, 3.8) is 0 Å². The van der Waals surface area contributed by atoms with Crippen LogP contribution >= 0.6 is 0 Å². The highest BCUT2D eigenvalue weighted by molar-refractivity contribution is 6.11. The van der Waals surface area contributed by atoms with Gasteiger partial charge in [0.2, 0.25) is 0 Å². The predicted octanol–water partition coefficient (Wildman–Crippen LogP) is 2.64. The molecule has 0 unspecified atom stereocenters. The Morgan fingerprint density at radius 3 is 2.73 bits per heavy atom. The Labute approximate surface area is 126 Å². The fourth-order valence-corrected chi connectivity index (χ4v) is 2.00. The minimum absolute atomic E-state index is 0.147. The summed E-state index contributed by atoms with van der Waals surface area (Å²) in [4.78, 5) is 16.0. The van der Waals surface area contributed by atoms with Crippen molar-refractivity contribution in [2.75, 3.05) is 14.2 Å². The summed E-state index contributed by atoms with van der Waals surface area (Å²) in [6.07, 6.45) is 3.08. The van der Waals surface area contributed by atoms with E-state index >= 15 is 0 Å². The van der Waals surface area contributed by atoms with Crippen molar-refractivity contribution in [1.82, 2.24) is 0 Å². The molecule has 3 rings (SSSR count). The van der Waals surface area contributed by atoms with Crippen LogP contribution in [0.1, 0.15) is 11.3 Å². The lowest BCUT2D eigenvalue weighted by Gasteiger charge is -2.07. The van der Waals surface area contributed by atoms with E-state index in [1.54, 1.807) is 50.6 Å². The van der Waals surface area contributed by atoms with Crippen LogP contribution in [0.2, 0.25) is 0 Å². The molecular formula is C16H13NO5. The summed E-state index contributed by atoms with van der Waals surface area (Å²) in [7, 11) is 3.11. The van der Waals surface area contributed by atoms with Crippen molar-refractivity contribution in [3.8, 4) is 11.5 Å². The molecule has 6 heteroatoms. The van der Waals surface area contributed by atoms with Crippen molar-refractivity contribution < 1.29 is 23.4 Å². The molecule has 0 saturated carbocycles. The maximum absolute atomic E-state index is 11.9. The number of carbonyl (C=O) groups is 1. The summed E-state index contributed by atoms with van der Waals surface area (Å²) in [5.74, 6) is 1.24. The second kappa shape index (κ2) is 5.77. The van der Waals surface area contributed by atoms with Gasteiger partial charge in [-0.1, -0.05) is 0 Å². The van der Waals surface area contributed by atoms with Gasteiger partial charge in [-0.15, -0.1) is 0 Å². The van der Waals surface area contributed by atoms with Crippen LogP contribution in [-0.2, 0) is 9.53 Å². The molecule has 1 aliphatic rings. The maximum Gasteiger partial charge on any atom is 0.363 e. The van der Waals surface area contributed by atoms with Gasteiger partial charge in [-0.25, -0.2) is 9.79 Å². The van der Waals surface area contributed by atoms with Crippen LogP contribution < -0.4 is 9.47 Å². The molecule has 1 aromatic heterocycles. The highest BCUT2D eigenvalue weighted by atomic mass is 16.6. The Morgan fingerprint density at radius 2 is 2.05 bits per heavy atom. The predicted molar refractivity (Wildman–Crippen MR) is 78.9 cm³/mol. The molecule has 0 amide bonds. The summed E-state index contributed by atoms with van der Waals surface area (Å²) in [5.41, 5.74) is 0.870. The van der Waals surface area contributed by atoms with Gasteiger partial charge in [0, 0.05) is 11.6 Å². The van der Waals surface area contributed by atoms with Crippen molar-refractivity contribution in [2.45, 2.75) is 0 Å². The van der Waals surface area contributed by atoms with E-state index in [4.69, 9.17) is 18.6 Å². The summed E-state index contributed by atoms with van der Waals surface area (Å²) >= 11 is 0. The lowest BCUT2D eigenvalue weighted by molar-refractivity contribution is -0.130. The van der Waals surface area contributed by atoms with Gasteiger partial charge >= 0.3 is 5.97 Å². The van der Waals surface area contributed by atoms with Crippen LogP contribution in [0.4, 0.5) is 0 Å². The number of benzene rings is 1. The first-order chi connectivity index (χ1) is 10.7. The third-order valence-corrected chi connectivity index (χ3v) is 3.09. The second-order valence-electron chi connectivity index (χ2n) is 4.42. The van der Waals surface area contributed by atoms with Crippen LogP contribution in [0.25, 0.3) is 6.08 Å². The number of furan rings is 1. The minimum atomic E-state index is -0.538. The van der Waals surface area contributed by atoms with Crippen LogP contribution in [0, 0.1) is 0 Å². The van der Waals surface area contributed by atoms with Gasteiger partial charge in [-0.2, -0.15) is 0 Å². The smallest absolute Gasteiger partial charge is 0.363 e. The molecule has 0 aliphatic carbocycles. The average molecular weight is 299 g/mol. The van der Waals surface area contributed by atoms with Crippen molar-refractivity contribution in [2.24, 2.45) is 4.99 Å². The topological polar surface area (TPSA) is 70.3 Å². The molecule has 0 bridgehead atoms. The van der Waals surface area contributed by atoms with E-state index in [1.165, 1.54) is 6.26 Å². The molecule has 0 fully saturated rings. The zero-order valence-corrected chi connectivity index (χ0v) is 12.0. The quantitative estimate of drug-likeness (QED) is 0.641. The van der Waals surface area contributed by atoms with E-state index < -0.39 is 5.97 Å². The Balaban J connectivity index is 1.96. The molecular weight excluding hydrogens is 286 g/mol. The first kappa shape index (κ1) is 13.9. The van der Waals surface area contributed by atoms with Gasteiger partial charge < -0.3 is 18.6 Å². The normalized spacial score (nSPS) is 15.6. The number of ether oxygens (including phenoxy) is 3. The second-order valence-corrected chi connectivity index (χ2v) is 4.42. The first-order valence-electron chi connectivity index (χ1n) is 6.49. The number of esters is 1. The summed E-state index contributed by atoms with van der Waals surface area (Å²) in [5, 5.41) is 0. The maximum atomic E-state index is 11.9. The number of hydrogen-bond acceptors (Lipinski definition) is 6. The van der Waals surface area contributed by atoms with E-state index in [1.807, 2.05) is 0 Å². The molecule has 0 atom stereocenters. The van der Waals surface area contributed by atoms with Crippen LogP contribution in [0.3, 0.4) is 0 Å². The fraction of sp³-hybridized carbons (Fsp3) is 0.125. The van der Waals surface area contributed by atoms with E-state index in [0.717, 1.165) is 0 Å². The lowest BCUT2D eigenvalue weighted by atomic mass is 10.1. The van der Waals surface area contributed by atoms with Crippen molar-refractivity contribution >= 4 is 17.9 Å². The molecule has 2 aromatic rings. The standard InChI is InChI=1S/C16H13NO5/c1-19-11-6-5-10(14(9-11)20-2)8-12-16(18)22-15(17-12)13-4-3-7-21-13/h3-9H,1-2H3/b12-8+. The molecule has 0 saturated heterocycles. The number of nitrogens with zero attached hydrogens (tertiary/aromatic N) is 1. The first-order valence-corrected chi connectivity index (χ1v) is 6.49. The minimum Gasteiger partial charge on any atom is -0.497 e. The zero-order chi connectivity index (χ0) is 15.5. The van der Waals surface area contributed by atoms with Crippen molar-refractivity contribution in [3.05, 3.63) is 53.6 Å². The molecule has 22 heavy (non-hydrogen) atoms. The Bertz CT molecular complexity index is 759. The van der Waals surface area contributed by atoms with Crippen LogP contribution in [0.15, 0.2) is 51.7 Å². The van der Waals surface area contributed by atoms with Gasteiger partial charge in [0.15, 0.2) is 11.5 Å². The molecule has 112 valence electrons. The van der Waals surface area contributed by atoms with E-state index in [9.17, 15) is 4.79 Å². The van der Waals surface area contributed by atoms with Gasteiger partial charge in [0.05, 0.1) is 20.5 Å². The molecule has 1 aromatic carbocycles. The number of carbonyl (C=O) groups excluding carboxylic acids is 1. The fourth-order valence-electron chi connectivity index (χ4n) is 2.00. The van der Waals surface area contributed by atoms with E-state index in [2.05, 4.69) is 4.99 Å². The SMILES string of the molecule is COc1ccc(/C=C2/N=C(c3ccco3)OC2=O)c(OC)c1. The largest absolute Gasteiger partial charge is 0.497 e. The third kappa shape index (κ3) is 2.58. The number of aliphatic imine (C=N–C) groups is 1. The lowest BCUT2D eigenvalue weighted by Crippen LogP contribution is -2.04. The van der Waals surface area contributed by atoms with E-state index in [0.29, 0.717) is 22.8 Å². The van der Waals surface area contributed by atoms with Gasteiger partial charge in [0.1, 0.15) is 11.5 Å². The van der Waals surface area contributed by atoms with Gasteiger partial charge in [0.25, 0.3) is 5.90 Å². The average Bonchev–Trinajstić information content (AvgIpc) is 3.18. The molecule has 0 N–H and O–H groups in total. The number of methoxy groups -OCH3 is 2. The monoisotopic (exact) mass is 299 g/mol. The summed E-state index contributed by atoms with van der Waals surface area (Å²) < 4.78 is 20.7. The molecule has 1 aliphatic heterocycles. The number of hydrogen-bond donors (Lipinski definition) is 0. The molecule has 2 heterocycles. The summed E-state index contributed by atoms with van der Waals surface area (Å²) in [6.45, 7) is 0. The molecule has 0 radical (unpaired) electrons. The summed E-state index contributed by atoms with van der Waals surface area (Å²) in [6, 6.07) is 8.64. The Morgan fingerprint density at radius 1 is 1.18 bits per heavy atom. The Hall–Kier alpha value is -3.02. The zero-order valence-electron chi connectivity index (χ0n) is 12.0. The van der Waals surface area contributed by atoms with Crippen molar-refractivity contribution in [1.29, 1.82) is 0 Å².